The largest absolute Gasteiger partial charge is 0.343 e. The number of benzene rings is 1. The summed E-state index contributed by atoms with van der Waals surface area (Å²) in [7, 11) is 0. The smallest absolute Gasteiger partial charge is 0.169 e. The van der Waals surface area contributed by atoms with E-state index in [-0.39, 0.29) is 22.7 Å². The van der Waals surface area contributed by atoms with E-state index < -0.39 is 11.4 Å². The van der Waals surface area contributed by atoms with E-state index in [9.17, 15) is 4.79 Å². The van der Waals surface area contributed by atoms with Crippen LogP contribution in [0.25, 0.3) is 5.57 Å². The number of carbonyl (C=O) groups excluding carboxylic acids is 1. The maximum atomic E-state index is 13.5. The number of ketones is 1. The molecule has 0 spiro atoms. The van der Waals surface area contributed by atoms with Gasteiger partial charge in [0.1, 0.15) is 0 Å². The first-order valence-corrected chi connectivity index (χ1v) is 14.2. The Bertz CT molecular complexity index is 1170. The molecule has 0 unspecified atom stereocenters. The van der Waals surface area contributed by atoms with Crippen LogP contribution in [-0.4, -0.2) is 23.3 Å². The van der Waals surface area contributed by atoms with Crippen LogP contribution in [0.1, 0.15) is 85.6 Å². The zero-order valence-electron chi connectivity index (χ0n) is 22.9. The van der Waals surface area contributed by atoms with Crippen molar-refractivity contribution in [1.29, 1.82) is 0 Å². The topological polar surface area (TPSA) is 35.5 Å². The van der Waals surface area contributed by atoms with Crippen LogP contribution in [-0.2, 0) is 14.3 Å². The van der Waals surface area contributed by atoms with Gasteiger partial charge in [-0.2, -0.15) is 0 Å². The summed E-state index contributed by atoms with van der Waals surface area (Å²) in [4.78, 5) is 13.5. The van der Waals surface area contributed by atoms with Crippen molar-refractivity contribution in [1.82, 2.24) is 0 Å². The SMILES string of the molecule is CCC1(CC)O[C@H]2C[C@H]3[C@@H]4C=C(C)C5=CC(c6ccccc6)=CC[C@]5(C)[C@H]4CC[C@]3(C)[C@]2(C(C)=O)O1. The Kier molecular flexibility index (Phi) is 5.42. The van der Waals surface area contributed by atoms with Gasteiger partial charge in [-0.25, -0.2) is 0 Å². The van der Waals surface area contributed by atoms with Crippen LogP contribution >= 0.6 is 0 Å². The van der Waals surface area contributed by atoms with Crippen LogP contribution in [0.3, 0.4) is 0 Å². The Morgan fingerprint density at radius 2 is 1.81 bits per heavy atom. The van der Waals surface area contributed by atoms with E-state index in [1.807, 2.05) is 0 Å². The van der Waals surface area contributed by atoms with E-state index in [1.165, 1.54) is 22.3 Å². The molecule has 1 aromatic carbocycles. The molecular weight excluding hydrogens is 444 g/mol. The Labute approximate surface area is 217 Å². The van der Waals surface area contributed by atoms with Crippen molar-refractivity contribution in [2.24, 2.45) is 28.6 Å². The molecule has 3 nitrogen and oxygen atoms in total. The molecule has 0 aromatic heterocycles. The van der Waals surface area contributed by atoms with Gasteiger partial charge in [-0.05, 0) is 92.3 Å². The van der Waals surface area contributed by atoms with Crippen molar-refractivity contribution in [3.63, 3.8) is 0 Å². The highest BCUT2D eigenvalue weighted by molar-refractivity contribution is 5.88. The Morgan fingerprint density at radius 1 is 1.08 bits per heavy atom. The summed E-state index contributed by atoms with van der Waals surface area (Å²) >= 11 is 0. The minimum absolute atomic E-state index is 0.127. The molecule has 0 bridgehead atoms. The lowest BCUT2D eigenvalue weighted by Gasteiger charge is -2.58. The van der Waals surface area contributed by atoms with E-state index in [1.54, 1.807) is 6.92 Å². The van der Waals surface area contributed by atoms with Crippen LogP contribution in [0, 0.1) is 28.6 Å². The number of ether oxygens (including phenoxy) is 2. The summed E-state index contributed by atoms with van der Waals surface area (Å²) in [6, 6.07) is 10.8. The number of carbonyl (C=O) groups is 1. The molecule has 0 radical (unpaired) electrons. The maximum absolute atomic E-state index is 13.5. The Morgan fingerprint density at radius 3 is 2.47 bits per heavy atom. The second-order valence-corrected chi connectivity index (χ2v) is 12.7. The van der Waals surface area contributed by atoms with Crippen molar-refractivity contribution in [3.8, 4) is 0 Å². The van der Waals surface area contributed by atoms with Gasteiger partial charge in [0.05, 0.1) is 6.10 Å². The van der Waals surface area contributed by atoms with Gasteiger partial charge in [-0.1, -0.05) is 81.8 Å². The standard InChI is InChI=1S/C33H42O3/c1-7-32(8-2)35-29-20-28-25-18-21(3)27-19-24(23-12-10-9-11-13-23)14-16-30(27,5)26(25)15-17-31(28,6)33(29,36-32)22(4)34/h9-14,18-19,25-26,28-29H,7-8,15-17,20H2,1-6H3/t25-,26+,28+,29+,30-,31+,33-/m1/s1. The van der Waals surface area contributed by atoms with E-state index in [2.05, 4.69) is 83.2 Å². The molecule has 1 saturated heterocycles. The van der Waals surface area contributed by atoms with Gasteiger partial charge in [0.2, 0.25) is 0 Å². The molecule has 3 fully saturated rings. The predicted octanol–water partition coefficient (Wildman–Crippen LogP) is 7.68. The molecule has 1 aromatic rings. The van der Waals surface area contributed by atoms with Crippen LogP contribution in [0.2, 0.25) is 0 Å². The number of Topliss-reactive ketones (excluding diaryl/α,β-unsaturated/α-hetero) is 1. The van der Waals surface area contributed by atoms with Crippen LogP contribution in [0.4, 0.5) is 0 Å². The van der Waals surface area contributed by atoms with Crippen LogP contribution in [0.15, 0.2) is 59.7 Å². The van der Waals surface area contributed by atoms with E-state index in [0.29, 0.717) is 17.8 Å². The molecule has 5 aliphatic rings. The molecular formula is C33H42O3. The second kappa shape index (κ2) is 8.01. The normalized spacial score (nSPS) is 42.3. The van der Waals surface area contributed by atoms with Crippen molar-refractivity contribution >= 4 is 11.4 Å². The molecule has 3 heteroatoms. The Hall–Kier alpha value is -1.97. The molecule has 192 valence electrons. The lowest BCUT2D eigenvalue weighted by atomic mass is 9.47. The first kappa shape index (κ1) is 24.4. The zero-order valence-corrected chi connectivity index (χ0v) is 22.9. The van der Waals surface area contributed by atoms with E-state index in [0.717, 1.165) is 38.5 Å². The highest BCUT2D eigenvalue weighted by Crippen LogP contribution is 2.70. The third-order valence-electron chi connectivity index (χ3n) is 11.3. The van der Waals surface area contributed by atoms with Crippen LogP contribution < -0.4 is 0 Å². The third kappa shape index (κ3) is 2.96. The average Bonchev–Trinajstić information content (AvgIpc) is 3.34. The average molecular weight is 487 g/mol. The lowest BCUT2D eigenvalue weighted by Crippen LogP contribution is -2.59. The first-order chi connectivity index (χ1) is 17.1. The third-order valence-corrected chi connectivity index (χ3v) is 11.3. The number of hydrogen-bond acceptors (Lipinski definition) is 3. The highest BCUT2D eigenvalue weighted by Gasteiger charge is 2.75. The fraction of sp³-hybridized carbons (Fsp3) is 0.606. The predicted molar refractivity (Wildman–Crippen MR) is 144 cm³/mol. The maximum Gasteiger partial charge on any atom is 0.169 e. The molecule has 0 amide bonds. The molecule has 0 N–H and O–H groups in total. The second-order valence-electron chi connectivity index (χ2n) is 12.7. The molecule has 4 aliphatic carbocycles. The summed E-state index contributed by atoms with van der Waals surface area (Å²) in [5.41, 5.74) is 4.68. The van der Waals surface area contributed by atoms with E-state index in [4.69, 9.17) is 9.47 Å². The summed E-state index contributed by atoms with van der Waals surface area (Å²) in [5.74, 6) is 0.956. The quantitative estimate of drug-likeness (QED) is 0.438. The molecule has 7 atom stereocenters. The Balaban J connectivity index is 1.39. The zero-order chi connectivity index (χ0) is 25.5. The summed E-state index contributed by atoms with van der Waals surface area (Å²) in [6.45, 7) is 13.2. The minimum atomic E-state index is -0.819. The van der Waals surface area contributed by atoms with Crippen molar-refractivity contribution in [2.75, 3.05) is 0 Å². The highest BCUT2D eigenvalue weighted by atomic mass is 16.8. The van der Waals surface area contributed by atoms with Gasteiger partial charge >= 0.3 is 0 Å². The number of allylic oxidation sites excluding steroid dienone is 6. The minimum Gasteiger partial charge on any atom is -0.343 e. The lowest BCUT2D eigenvalue weighted by molar-refractivity contribution is -0.229. The molecule has 1 heterocycles. The number of hydrogen-bond donors (Lipinski definition) is 0. The van der Waals surface area contributed by atoms with Crippen LogP contribution in [0.5, 0.6) is 0 Å². The summed E-state index contributed by atoms with van der Waals surface area (Å²) in [5, 5.41) is 0. The van der Waals surface area contributed by atoms with E-state index >= 15 is 0 Å². The first-order valence-electron chi connectivity index (χ1n) is 14.2. The number of fused-ring (bicyclic) bond motifs is 7. The van der Waals surface area contributed by atoms with Gasteiger partial charge < -0.3 is 9.47 Å². The van der Waals surface area contributed by atoms with Crippen molar-refractivity contribution < 1.29 is 14.3 Å². The van der Waals surface area contributed by atoms with Gasteiger partial charge in [0.25, 0.3) is 0 Å². The molecule has 36 heavy (non-hydrogen) atoms. The monoisotopic (exact) mass is 486 g/mol. The fourth-order valence-corrected chi connectivity index (χ4v) is 9.25. The fourth-order valence-electron chi connectivity index (χ4n) is 9.25. The molecule has 6 rings (SSSR count). The number of rotatable bonds is 4. The van der Waals surface area contributed by atoms with Gasteiger partial charge in [0.15, 0.2) is 17.2 Å². The van der Waals surface area contributed by atoms with Gasteiger partial charge in [0, 0.05) is 5.41 Å². The van der Waals surface area contributed by atoms with Crippen molar-refractivity contribution in [3.05, 3.63) is 65.3 Å². The molecule has 2 saturated carbocycles. The van der Waals surface area contributed by atoms with Gasteiger partial charge in [-0.3, -0.25) is 4.79 Å². The summed E-state index contributed by atoms with van der Waals surface area (Å²) < 4.78 is 13.6. The van der Waals surface area contributed by atoms with Gasteiger partial charge in [-0.15, -0.1) is 0 Å². The summed E-state index contributed by atoms with van der Waals surface area (Å²) in [6.07, 6.45) is 13.0. The molecule has 1 aliphatic heterocycles. The van der Waals surface area contributed by atoms with Crippen molar-refractivity contribution in [2.45, 2.75) is 97.6 Å².